The fraction of sp³-hybridized carbons (Fsp3) is 0.200. The fourth-order valence-corrected chi connectivity index (χ4v) is 9.59. The summed E-state index contributed by atoms with van der Waals surface area (Å²) < 4.78 is 58.8. The molecule has 43 heavy (non-hydrogen) atoms. The number of H-pyrrole nitrogens is 1. The normalized spacial score (nSPS) is 13.0. The van der Waals surface area contributed by atoms with Crippen LogP contribution < -0.4 is 9.80 Å². The topological polar surface area (TPSA) is 144 Å². The maximum atomic E-state index is 14.7. The molecule has 0 amide bonds. The fourth-order valence-electron chi connectivity index (χ4n) is 5.27. The molecule has 5 aromatic rings. The second-order valence-corrected chi connectivity index (χ2v) is 14.2. The zero-order chi connectivity index (χ0) is 31.1. The molecule has 0 aliphatic carbocycles. The third kappa shape index (κ3) is 5.31. The maximum Gasteiger partial charge on any atom is 0.323 e. The smallest absolute Gasteiger partial charge is 0.323 e. The molecule has 0 radical (unpaired) electrons. The van der Waals surface area contributed by atoms with Crippen molar-refractivity contribution < 1.29 is 26.7 Å². The van der Waals surface area contributed by atoms with Crippen LogP contribution in [-0.4, -0.2) is 75.8 Å². The lowest BCUT2D eigenvalue weighted by Gasteiger charge is -2.29. The van der Waals surface area contributed by atoms with Crippen LogP contribution in [-0.2, 0) is 31.3 Å². The summed E-state index contributed by atoms with van der Waals surface area (Å²) in [6.45, 7) is 0. The number of hydrogen-bond acceptors (Lipinski definition) is 8. The number of aromatic nitrogens is 2. The number of aromatic amines is 1. The molecule has 5 rings (SSSR count). The van der Waals surface area contributed by atoms with E-state index in [1.807, 2.05) is 21.9 Å². The number of anilines is 2. The first kappa shape index (κ1) is 30.0. The molecule has 11 nitrogen and oxygen atoms in total. The molecule has 0 fully saturated rings. The van der Waals surface area contributed by atoms with Gasteiger partial charge in [-0.2, -0.15) is 0 Å². The Bertz CT molecular complexity index is 1920. The Morgan fingerprint density at radius 3 is 1.58 bits per heavy atom. The Morgan fingerprint density at radius 1 is 0.744 bits per heavy atom. The Hall–Kier alpha value is -4.46. The van der Waals surface area contributed by atoms with Gasteiger partial charge in [-0.3, -0.25) is 4.79 Å². The van der Waals surface area contributed by atoms with E-state index in [4.69, 9.17) is 0 Å². The second-order valence-electron chi connectivity index (χ2n) is 10.4. The molecular weight excluding hydrogens is 590 g/mol. The van der Waals surface area contributed by atoms with E-state index < -0.39 is 38.5 Å². The summed E-state index contributed by atoms with van der Waals surface area (Å²) in [4.78, 5) is 22.4. The highest BCUT2D eigenvalue weighted by Crippen LogP contribution is 2.38. The number of rotatable bonds is 10. The van der Waals surface area contributed by atoms with E-state index in [0.717, 1.165) is 0 Å². The van der Waals surface area contributed by atoms with Crippen molar-refractivity contribution in [2.45, 2.75) is 22.3 Å². The first-order chi connectivity index (χ1) is 20.4. The summed E-state index contributed by atoms with van der Waals surface area (Å²) in [7, 11) is -2.81. The van der Waals surface area contributed by atoms with E-state index in [9.17, 15) is 26.7 Å². The average Bonchev–Trinajstić information content (AvgIpc) is 3.48. The van der Waals surface area contributed by atoms with E-state index >= 15 is 0 Å². The lowest BCUT2D eigenvalue weighted by atomic mass is 10.1. The number of carbonyl (C=O) groups is 1. The lowest BCUT2D eigenvalue weighted by molar-refractivity contribution is -0.140. The third-order valence-corrected chi connectivity index (χ3v) is 11.7. The predicted octanol–water partition coefficient (Wildman–Crippen LogP) is 3.92. The van der Waals surface area contributed by atoms with Crippen LogP contribution in [0.1, 0.15) is 5.69 Å². The second kappa shape index (κ2) is 11.3. The molecule has 0 aliphatic heterocycles. The minimum atomic E-state index is -5.02. The zero-order valence-corrected chi connectivity index (χ0v) is 25.6. The van der Waals surface area contributed by atoms with Gasteiger partial charge in [-0.15, -0.1) is 0 Å². The van der Waals surface area contributed by atoms with Gasteiger partial charge < -0.3 is 19.9 Å². The Balaban J connectivity index is 1.83. The number of imidazole rings is 1. The summed E-state index contributed by atoms with van der Waals surface area (Å²) in [5.74, 6) is -1.63. The van der Waals surface area contributed by atoms with Gasteiger partial charge in [0.1, 0.15) is 6.04 Å². The van der Waals surface area contributed by atoms with Gasteiger partial charge in [-0.05, 0) is 24.3 Å². The van der Waals surface area contributed by atoms with Crippen molar-refractivity contribution in [1.82, 2.24) is 13.7 Å². The Labute approximate surface area is 250 Å². The highest BCUT2D eigenvalue weighted by molar-refractivity contribution is 8.04. The molecule has 13 heteroatoms. The Morgan fingerprint density at radius 2 is 1.19 bits per heavy atom. The Kier molecular flexibility index (Phi) is 7.90. The van der Waals surface area contributed by atoms with Gasteiger partial charge in [0, 0.05) is 79.4 Å². The van der Waals surface area contributed by atoms with Crippen molar-refractivity contribution in [1.29, 1.82) is 0 Å². The van der Waals surface area contributed by atoms with Crippen molar-refractivity contribution in [2.75, 3.05) is 38.0 Å². The number of benzene rings is 4. The van der Waals surface area contributed by atoms with Crippen molar-refractivity contribution in [3.05, 3.63) is 91.0 Å². The predicted molar refractivity (Wildman–Crippen MR) is 166 cm³/mol. The summed E-state index contributed by atoms with van der Waals surface area (Å²) in [6.07, 6.45) is 2.16. The van der Waals surface area contributed by atoms with E-state index in [2.05, 4.69) is 9.97 Å². The minimum Gasteiger partial charge on any atom is -0.480 e. The SMILES string of the molecule is CN(C)c1cccc2c(S(=O)(=O)N([C@@H](Cc3cnc[nH]3)C(=O)O)S(=O)(=O)c3cccc4c(N(C)C)cccc34)cccc12. The molecule has 1 heterocycles. The van der Waals surface area contributed by atoms with Crippen LogP contribution in [0.2, 0.25) is 0 Å². The molecule has 4 aromatic carbocycles. The summed E-state index contributed by atoms with van der Waals surface area (Å²) in [6, 6.07) is 17.2. The van der Waals surface area contributed by atoms with Gasteiger partial charge in [-0.1, -0.05) is 52.2 Å². The first-order valence-electron chi connectivity index (χ1n) is 13.2. The van der Waals surface area contributed by atoms with Gasteiger partial charge in [0.25, 0.3) is 20.0 Å². The number of fused-ring (bicyclic) bond motifs is 2. The van der Waals surface area contributed by atoms with Crippen LogP contribution in [0.15, 0.2) is 95.1 Å². The summed E-state index contributed by atoms with van der Waals surface area (Å²) in [5.41, 5.74) is 1.67. The van der Waals surface area contributed by atoms with E-state index in [1.165, 1.54) is 36.8 Å². The highest BCUT2D eigenvalue weighted by Gasteiger charge is 2.47. The van der Waals surface area contributed by atoms with Gasteiger partial charge in [0.15, 0.2) is 0 Å². The molecule has 0 saturated carbocycles. The molecule has 2 N–H and O–H groups in total. The number of carboxylic acid groups (broad SMARTS) is 1. The minimum absolute atomic E-state index is 0.150. The van der Waals surface area contributed by atoms with Crippen molar-refractivity contribution >= 4 is 58.9 Å². The number of nitrogens with one attached hydrogen (secondary N) is 1. The van der Waals surface area contributed by atoms with Crippen molar-refractivity contribution in [3.63, 3.8) is 0 Å². The molecule has 1 aromatic heterocycles. The van der Waals surface area contributed by atoms with Crippen molar-refractivity contribution in [3.8, 4) is 0 Å². The largest absolute Gasteiger partial charge is 0.480 e. The molecule has 224 valence electrons. The molecule has 0 bridgehead atoms. The zero-order valence-electron chi connectivity index (χ0n) is 24.0. The van der Waals surface area contributed by atoms with Gasteiger partial charge in [0.2, 0.25) is 0 Å². The standard InChI is InChI=1S/C30H31N5O6S2/c1-33(2)25-13-5-11-23-21(25)9-7-15-28(23)42(38,39)35(27(30(36)37)17-20-18-31-19-32-20)43(40,41)29-16-8-10-22-24(29)12-6-14-26(22)34(3)4/h5-16,18-19,27H,17H2,1-4H3,(H,31,32)(H,36,37)/t27-/m0/s1. The number of carboxylic acids is 1. The number of hydrogen-bond donors (Lipinski definition) is 2. The van der Waals surface area contributed by atoms with Gasteiger partial charge >= 0.3 is 5.97 Å². The van der Waals surface area contributed by atoms with Crippen LogP contribution in [0.25, 0.3) is 21.5 Å². The third-order valence-electron chi connectivity index (χ3n) is 7.22. The lowest BCUT2D eigenvalue weighted by Crippen LogP contribution is -2.49. The van der Waals surface area contributed by atoms with Crippen LogP contribution in [0, 0.1) is 0 Å². The van der Waals surface area contributed by atoms with Gasteiger partial charge in [0.05, 0.1) is 16.1 Å². The maximum absolute atomic E-state index is 14.7. The van der Waals surface area contributed by atoms with E-state index in [-0.39, 0.29) is 30.0 Å². The number of aliphatic carboxylic acids is 1. The monoisotopic (exact) mass is 621 g/mol. The molecule has 1 atom stereocenters. The molecule has 0 saturated heterocycles. The quantitative estimate of drug-likeness (QED) is 0.237. The highest BCUT2D eigenvalue weighted by atomic mass is 32.3. The summed E-state index contributed by atoms with van der Waals surface area (Å²) in [5, 5.41) is 12.0. The van der Waals surface area contributed by atoms with Crippen LogP contribution >= 0.6 is 0 Å². The number of sulfonamides is 2. The van der Waals surface area contributed by atoms with Gasteiger partial charge in [-0.25, -0.2) is 21.8 Å². The van der Waals surface area contributed by atoms with Crippen molar-refractivity contribution in [2.24, 2.45) is 0 Å². The summed E-state index contributed by atoms with van der Waals surface area (Å²) >= 11 is 0. The molecule has 0 unspecified atom stereocenters. The average molecular weight is 622 g/mol. The molecule has 0 aliphatic rings. The first-order valence-corrected chi connectivity index (χ1v) is 16.1. The van der Waals surface area contributed by atoms with E-state index in [1.54, 1.807) is 64.6 Å². The molecular formula is C30H31N5O6S2. The number of nitrogens with zero attached hydrogens (tertiary/aromatic N) is 4. The van der Waals surface area contributed by atoms with Crippen LogP contribution in [0.5, 0.6) is 0 Å². The van der Waals surface area contributed by atoms with Crippen LogP contribution in [0.4, 0.5) is 11.4 Å². The van der Waals surface area contributed by atoms with E-state index in [0.29, 0.717) is 22.1 Å². The molecule has 0 spiro atoms. The van der Waals surface area contributed by atoms with Crippen LogP contribution in [0.3, 0.4) is 0 Å².